The third-order valence-corrected chi connectivity index (χ3v) is 3.07. The van der Waals surface area contributed by atoms with Crippen LogP contribution in [-0.4, -0.2) is 44.4 Å². The van der Waals surface area contributed by atoms with Gasteiger partial charge >= 0.3 is 0 Å². The van der Waals surface area contributed by atoms with Crippen LogP contribution >= 0.6 is 23.2 Å². The summed E-state index contributed by atoms with van der Waals surface area (Å²) in [6.45, 7) is 4.13. The predicted molar refractivity (Wildman–Crippen MR) is 87.3 cm³/mol. The quantitative estimate of drug-likeness (QED) is 0.406. The van der Waals surface area contributed by atoms with Crippen LogP contribution in [0.15, 0.2) is 23.2 Å². The van der Waals surface area contributed by atoms with Gasteiger partial charge in [-0.3, -0.25) is 4.99 Å². The van der Waals surface area contributed by atoms with Gasteiger partial charge in [-0.25, -0.2) is 0 Å². The molecule has 0 saturated heterocycles. The van der Waals surface area contributed by atoms with E-state index < -0.39 is 6.10 Å². The average Bonchev–Trinajstić information content (AvgIpc) is 2.43. The Kier molecular flexibility index (Phi) is 8.45. The van der Waals surface area contributed by atoms with Gasteiger partial charge in [-0.2, -0.15) is 0 Å². The number of aliphatic imine (C=N–C) groups is 1. The number of methoxy groups -OCH3 is 1. The highest BCUT2D eigenvalue weighted by molar-refractivity contribution is 6.34. The Balaban J connectivity index is 2.64. The SMILES string of the molecule is CCNC(=NCC(O)c1cc(Cl)cc(Cl)c1)NCCOC. The molecule has 1 aromatic rings. The monoisotopic (exact) mass is 333 g/mol. The van der Waals surface area contributed by atoms with Gasteiger partial charge in [0.05, 0.1) is 19.3 Å². The molecular formula is C14H21Cl2N3O2. The molecule has 1 unspecified atom stereocenters. The number of benzene rings is 1. The van der Waals surface area contributed by atoms with Gasteiger partial charge in [0.2, 0.25) is 0 Å². The van der Waals surface area contributed by atoms with Crippen molar-refractivity contribution in [2.75, 3.05) is 33.4 Å². The number of hydrogen-bond donors (Lipinski definition) is 3. The maximum absolute atomic E-state index is 10.2. The van der Waals surface area contributed by atoms with E-state index in [9.17, 15) is 5.11 Å². The van der Waals surface area contributed by atoms with Crippen LogP contribution in [0, 0.1) is 0 Å². The lowest BCUT2D eigenvalue weighted by molar-refractivity contribution is 0.187. The Morgan fingerprint density at radius 2 is 1.95 bits per heavy atom. The Hall–Kier alpha value is -1.01. The van der Waals surface area contributed by atoms with Crippen molar-refractivity contribution in [1.29, 1.82) is 0 Å². The van der Waals surface area contributed by atoms with Crippen molar-refractivity contribution in [1.82, 2.24) is 10.6 Å². The van der Waals surface area contributed by atoms with Crippen LogP contribution in [0.4, 0.5) is 0 Å². The lowest BCUT2D eigenvalue weighted by atomic mass is 10.1. The average molecular weight is 334 g/mol. The first-order chi connectivity index (χ1) is 10.1. The maximum Gasteiger partial charge on any atom is 0.191 e. The molecule has 0 spiro atoms. The van der Waals surface area contributed by atoms with E-state index in [2.05, 4.69) is 15.6 Å². The zero-order valence-corrected chi connectivity index (χ0v) is 13.7. The minimum Gasteiger partial charge on any atom is -0.386 e. The Bertz CT molecular complexity index is 449. The normalized spacial score (nSPS) is 13.1. The smallest absolute Gasteiger partial charge is 0.191 e. The molecule has 0 aliphatic heterocycles. The molecule has 0 saturated carbocycles. The molecular weight excluding hydrogens is 313 g/mol. The minimum absolute atomic E-state index is 0.207. The van der Waals surface area contributed by atoms with E-state index in [1.807, 2.05) is 6.92 Å². The zero-order chi connectivity index (χ0) is 15.7. The first-order valence-corrected chi connectivity index (χ1v) is 7.47. The van der Waals surface area contributed by atoms with Crippen LogP contribution in [0.2, 0.25) is 10.0 Å². The molecule has 0 aliphatic carbocycles. The van der Waals surface area contributed by atoms with Crippen molar-refractivity contribution in [3.63, 3.8) is 0 Å². The molecule has 0 aliphatic rings. The van der Waals surface area contributed by atoms with Gasteiger partial charge in [-0.05, 0) is 30.7 Å². The standard InChI is InChI=1S/C14H21Cl2N3O2/c1-3-17-14(18-4-5-21-2)19-9-13(20)10-6-11(15)8-12(16)7-10/h6-8,13,20H,3-5,9H2,1-2H3,(H2,17,18,19). The largest absolute Gasteiger partial charge is 0.386 e. The van der Waals surface area contributed by atoms with E-state index in [1.54, 1.807) is 25.3 Å². The van der Waals surface area contributed by atoms with Crippen molar-refractivity contribution in [2.24, 2.45) is 4.99 Å². The van der Waals surface area contributed by atoms with Gasteiger partial charge in [-0.15, -0.1) is 0 Å². The first-order valence-electron chi connectivity index (χ1n) is 6.72. The topological polar surface area (TPSA) is 65.9 Å². The number of ether oxygens (including phenoxy) is 1. The third kappa shape index (κ3) is 7.00. The number of nitrogens with zero attached hydrogens (tertiary/aromatic N) is 1. The van der Waals surface area contributed by atoms with Crippen molar-refractivity contribution >= 4 is 29.2 Å². The van der Waals surface area contributed by atoms with Crippen LogP contribution in [0.3, 0.4) is 0 Å². The molecule has 1 atom stereocenters. The molecule has 0 amide bonds. The Morgan fingerprint density at radius 3 is 2.52 bits per heavy atom. The van der Waals surface area contributed by atoms with E-state index in [0.717, 1.165) is 6.54 Å². The third-order valence-electron chi connectivity index (χ3n) is 2.63. The van der Waals surface area contributed by atoms with Gasteiger partial charge in [0.1, 0.15) is 0 Å². The van der Waals surface area contributed by atoms with Crippen LogP contribution in [-0.2, 0) is 4.74 Å². The van der Waals surface area contributed by atoms with Gasteiger partial charge < -0.3 is 20.5 Å². The number of halogens is 2. The van der Waals surface area contributed by atoms with Gasteiger partial charge in [-0.1, -0.05) is 23.2 Å². The number of rotatable bonds is 7. The summed E-state index contributed by atoms with van der Waals surface area (Å²) in [6.07, 6.45) is -0.765. The lowest BCUT2D eigenvalue weighted by Gasteiger charge is -2.13. The molecule has 118 valence electrons. The van der Waals surface area contributed by atoms with Crippen molar-refractivity contribution < 1.29 is 9.84 Å². The molecule has 0 heterocycles. The minimum atomic E-state index is -0.765. The summed E-state index contributed by atoms with van der Waals surface area (Å²) in [5, 5.41) is 17.3. The van der Waals surface area contributed by atoms with Gasteiger partial charge in [0, 0.05) is 30.2 Å². The van der Waals surface area contributed by atoms with Crippen LogP contribution in [0.1, 0.15) is 18.6 Å². The summed E-state index contributed by atoms with van der Waals surface area (Å²) >= 11 is 11.8. The number of nitrogens with one attached hydrogen (secondary N) is 2. The Morgan fingerprint density at radius 1 is 1.29 bits per heavy atom. The first kappa shape index (κ1) is 18.0. The van der Waals surface area contributed by atoms with Crippen LogP contribution < -0.4 is 10.6 Å². The number of hydrogen-bond acceptors (Lipinski definition) is 3. The second kappa shape index (κ2) is 9.84. The van der Waals surface area contributed by atoms with E-state index in [4.69, 9.17) is 27.9 Å². The lowest BCUT2D eigenvalue weighted by Crippen LogP contribution is -2.39. The second-order valence-corrected chi connectivity index (χ2v) is 5.23. The van der Waals surface area contributed by atoms with Crippen molar-refractivity contribution in [3.8, 4) is 0 Å². The summed E-state index contributed by atoms with van der Waals surface area (Å²) in [4.78, 5) is 4.32. The fourth-order valence-corrected chi connectivity index (χ4v) is 2.21. The summed E-state index contributed by atoms with van der Waals surface area (Å²) < 4.78 is 4.97. The molecule has 21 heavy (non-hydrogen) atoms. The van der Waals surface area contributed by atoms with E-state index in [-0.39, 0.29) is 6.54 Å². The zero-order valence-electron chi connectivity index (χ0n) is 12.2. The fourth-order valence-electron chi connectivity index (χ4n) is 1.66. The van der Waals surface area contributed by atoms with Gasteiger partial charge in [0.25, 0.3) is 0 Å². The van der Waals surface area contributed by atoms with Crippen molar-refractivity contribution in [2.45, 2.75) is 13.0 Å². The molecule has 0 bridgehead atoms. The predicted octanol–water partition coefficient (Wildman–Crippen LogP) is 2.23. The molecule has 7 heteroatoms. The Labute approximate surface area is 135 Å². The summed E-state index contributed by atoms with van der Waals surface area (Å²) in [6, 6.07) is 4.98. The number of aliphatic hydroxyl groups excluding tert-OH is 1. The number of guanidine groups is 1. The summed E-state index contributed by atoms with van der Waals surface area (Å²) in [5.41, 5.74) is 0.643. The highest BCUT2D eigenvalue weighted by Gasteiger charge is 2.09. The summed E-state index contributed by atoms with van der Waals surface area (Å²) in [7, 11) is 1.64. The van der Waals surface area contributed by atoms with E-state index >= 15 is 0 Å². The fraction of sp³-hybridized carbons (Fsp3) is 0.500. The van der Waals surface area contributed by atoms with E-state index in [1.165, 1.54) is 0 Å². The van der Waals surface area contributed by atoms with Crippen LogP contribution in [0.5, 0.6) is 0 Å². The van der Waals surface area contributed by atoms with E-state index in [0.29, 0.717) is 34.7 Å². The molecule has 0 fully saturated rings. The van der Waals surface area contributed by atoms with Gasteiger partial charge in [0.15, 0.2) is 5.96 Å². The van der Waals surface area contributed by atoms with Crippen LogP contribution in [0.25, 0.3) is 0 Å². The molecule has 3 N–H and O–H groups in total. The summed E-state index contributed by atoms with van der Waals surface area (Å²) in [5.74, 6) is 0.627. The van der Waals surface area contributed by atoms with Crippen molar-refractivity contribution in [3.05, 3.63) is 33.8 Å². The molecule has 0 radical (unpaired) electrons. The highest BCUT2D eigenvalue weighted by atomic mass is 35.5. The number of aliphatic hydroxyl groups is 1. The second-order valence-electron chi connectivity index (χ2n) is 4.36. The highest BCUT2D eigenvalue weighted by Crippen LogP contribution is 2.23. The maximum atomic E-state index is 10.2. The molecule has 5 nitrogen and oxygen atoms in total. The molecule has 0 aromatic heterocycles. The molecule has 1 rings (SSSR count). The molecule has 1 aromatic carbocycles.